The van der Waals surface area contributed by atoms with Crippen LogP contribution in [-0.4, -0.2) is 23.3 Å². The van der Waals surface area contributed by atoms with Crippen molar-refractivity contribution in [2.24, 2.45) is 0 Å². The summed E-state index contributed by atoms with van der Waals surface area (Å²) in [6.45, 7) is 3.06. The average molecular weight is 161 g/mol. The maximum absolute atomic E-state index is 10.8. The summed E-state index contributed by atoms with van der Waals surface area (Å²) in [6, 6.07) is -0.368. The number of nitrogens with one attached hydrogen (secondary N) is 1. The number of carbonyl (C=O) groups is 2. The Labute approximate surface area is 64.6 Å². The molecule has 0 fully saturated rings. The van der Waals surface area contributed by atoms with Crippen LogP contribution in [0.4, 0.5) is 0 Å². The van der Waals surface area contributed by atoms with Gasteiger partial charge in [-0.15, -0.1) is 0 Å². The third-order valence-electron chi connectivity index (χ3n) is 0.975. The summed E-state index contributed by atoms with van der Waals surface area (Å²) in [6.07, 6.45) is 1.70. The Kier molecular flexibility index (Phi) is 4.11. The summed E-state index contributed by atoms with van der Waals surface area (Å²) in [5, 5.41) is 2.47. The van der Waals surface area contributed by atoms with Gasteiger partial charge in [-0.3, -0.25) is 9.59 Å². The van der Waals surface area contributed by atoms with Crippen molar-refractivity contribution in [1.29, 1.82) is 0 Å². The van der Waals surface area contributed by atoms with E-state index in [0.29, 0.717) is 0 Å². The zero-order chi connectivity index (χ0) is 8.15. The second-order valence-corrected chi connectivity index (χ2v) is 2.76. The Morgan fingerprint density at radius 1 is 1.50 bits per heavy atom. The maximum atomic E-state index is 10.8. The predicted octanol–water partition coefficient (Wildman–Crippen LogP) is 0.401. The molecule has 0 aliphatic carbocycles. The Morgan fingerprint density at radius 3 is 2.30 bits per heavy atom. The largest absolute Gasteiger partial charge is 0.346 e. The highest BCUT2D eigenvalue weighted by Gasteiger charge is 2.10. The van der Waals surface area contributed by atoms with Gasteiger partial charge in [0.05, 0.1) is 6.04 Å². The summed E-state index contributed by atoms with van der Waals surface area (Å²) in [4.78, 5) is 21.2. The minimum absolute atomic E-state index is 0.0183. The maximum Gasteiger partial charge on any atom is 0.217 e. The fourth-order valence-electron chi connectivity index (χ4n) is 0.541. The average Bonchev–Trinajstić information content (AvgIpc) is 1.85. The molecule has 58 valence electrons. The van der Waals surface area contributed by atoms with Crippen LogP contribution in [0.3, 0.4) is 0 Å². The number of hydrogen-bond acceptors (Lipinski definition) is 3. The standard InChI is InChI=1S/C6H11NO2S/c1-4(6(9)10-3)7-5(2)8/h4H,1-3H3,(H,7,8). The number of hydrogen-bond donors (Lipinski definition) is 1. The monoisotopic (exact) mass is 161 g/mol. The SMILES string of the molecule is CSC(=O)C(C)NC(C)=O. The zero-order valence-electron chi connectivity index (χ0n) is 6.30. The van der Waals surface area contributed by atoms with E-state index < -0.39 is 0 Å². The lowest BCUT2D eigenvalue weighted by molar-refractivity contribution is -0.122. The Morgan fingerprint density at radius 2 is 2.00 bits per heavy atom. The van der Waals surface area contributed by atoms with Gasteiger partial charge < -0.3 is 5.32 Å². The molecule has 1 amide bonds. The first-order valence-corrected chi connectivity index (χ1v) is 4.15. The zero-order valence-corrected chi connectivity index (χ0v) is 7.12. The first-order chi connectivity index (χ1) is 4.57. The van der Waals surface area contributed by atoms with Crippen molar-refractivity contribution in [2.45, 2.75) is 19.9 Å². The van der Waals surface area contributed by atoms with Gasteiger partial charge in [-0.05, 0) is 13.2 Å². The Balaban J connectivity index is 3.72. The number of rotatable bonds is 2. The molecule has 0 aliphatic rings. The van der Waals surface area contributed by atoms with Crippen molar-refractivity contribution in [3.63, 3.8) is 0 Å². The van der Waals surface area contributed by atoms with Gasteiger partial charge in [0.2, 0.25) is 11.0 Å². The molecule has 1 unspecified atom stereocenters. The van der Waals surface area contributed by atoms with Crippen molar-refractivity contribution in [3.05, 3.63) is 0 Å². The van der Waals surface area contributed by atoms with E-state index in [1.165, 1.54) is 6.92 Å². The first kappa shape index (κ1) is 9.49. The smallest absolute Gasteiger partial charge is 0.217 e. The summed E-state index contributed by atoms with van der Waals surface area (Å²) in [5.74, 6) is -0.171. The molecule has 0 saturated heterocycles. The predicted molar refractivity (Wildman–Crippen MR) is 41.8 cm³/mol. The molecule has 10 heavy (non-hydrogen) atoms. The molecule has 0 aromatic carbocycles. The van der Waals surface area contributed by atoms with E-state index in [-0.39, 0.29) is 17.1 Å². The molecule has 0 radical (unpaired) electrons. The quantitative estimate of drug-likeness (QED) is 0.637. The van der Waals surface area contributed by atoms with E-state index in [1.807, 2.05) is 0 Å². The van der Waals surface area contributed by atoms with Gasteiger partial charge in [0.25, 0.3) is 0 Å². The fraction of sp³-hybridized carbons (Fsp3) is 0.667. The van der Waals surface area contributed by atoms with Crippen molar-refractivity contribution in [3.8, 4) is 0 Å². The van der Waals surface area contributed by atoms with Crippen LogP contribution in [0.15, 0.2) is 0 Å². The molecule has 0 aliphatic heterocycles. The molecule has 0 spiro atoms. The van der Waals surface area contributed by atoms with Crippen LogP contribution >= 0.6 is 11.8 Å². The molecular weight excluding hydrogens is 150 g/mol. The van der Waals surface area contributed by atoms with Gasteiger partial charge in [0.1, 0.15) is 0 Å². The molecule has 0 heterocycles. The molecule has 0 saturated carbocycles. The molecular formula is C6H11NO2S. The van der Waals surface area contributed by atoms with Crippen LogP contribution in [0.1, 0.15) is 13.8 Å². The van der Waals surface area contributed by atoms with Crippen LogP contribution in [0, 0.1) is 0 Å². The van der Waals surface area contributed by atoms with Gasteiger partial charge >= 0.3 is 0 Å². The summed E-state index contributed by atoms with van der Waals surface area (Å²) in [7, 11) is 0. The molecule has 1 N–H and O–H groups in total. The number of thioether (sulfide) groups is 1. The molecule has 0 aromatic heterocycles. The highest BCUT2D eigenvalue weighted by Crippen LogP contribution is 1.98. The van der Waals surface area contributed by atoms with E-state index in [4.69, 9.17) is 0 Å². The minimum atomic E-state index is -0.368. The van der Waals surface area contributed by atoms with Crippen LogP contribution in [0.5, 0.6) is 0 Å². The van der Waals surface area contributed by atoms with Crippen molar-refractivity contribution < 1.29 is 9.59 Å². The molecule has 0 bridgehead atoms. The van der Waals surface area contributed by atoms with Gasteiger partial charge in [-0.2, -0.15) is 0 Å². The van der Waals surface area contributed by atoms with E-state index >= 15 is 0 Å². The molecule has 0 aromatic rings. The summed E-state index contributed by atoms with van der Waals surface area (Å²) in [5.41, 5.74) is 0. The van der Waals surface area contributed by atoms with Crippen LogP contribution < -0.4 is 5.32 Å². The lowest BCUT2D eigenvalue weighted by Gasteiger charge is -2.07. The Bertz CT molecular complexity index is 147. The first-order valence-electron chi connectivity index (χ1n) is 2.93. The highest BCUT2D eigenvalue weighted by molar-refractivity contribution is 8.13. The topological polar surface area (TPSA) is 46.2 Å². The van der Waals surface area contributed by atoms with E-state index in [0.717, 1.165) is 11.8 Å². The number of carbonyl (C=O) groups excluding carboxylic acids is 2. The van der Waals surface area contributed by atoms with Crippen molar-refractivity contribution in [2.75, 3.05) is 6.26 Å². The summed E-state index contributed by atoms with van der Waals surface area (Å²) < 4.78 is 0. The number of amides is 1. The summed E-state index contributed by atoms with van der Waals surface area (Å²) >= 11 is 1.12. The third kappa shape index (κ3) is 3.50. The van der Waals surface area contributed by atoms with Crippen molar-refractivity contribution >= 4 is 22.8 Å². The van der Waals surface area contributed by atoms with Gasteiger partial charge in [-0.1, -0.05) is 11.8 Å². The van der Waals surface area contributed by atoms with E-state index in [2.05, 4.69) is 5.32 Å². The lowest BCUT2D eigenvalue weighted by atomic mass is 10.4. The van der Waals surface area contributed by atoms with Crippen LogP contribution in [0.25, 0.3) is 0 Å². The molecule has 3 nitrogen and oxygen atoms in total. The van der Waals surface area contributed by atoms with Crippen molar-refractivity contribution in [1.82, 2.24) is 5.32 Å². The highest BCUT2D eigenvalue weighted by atomic mass is 32.2. The second-order valence-electron chi connectivity index (χ2n) is 1.95. The van der Waals surface area contributed by atoms with Gasteiger partial charge in [0, 0.05) is 6.92 Å². The fourth-order valence-corrected chi connectivity index (χ4v) is 0.953. The van der Waals surface area contributed by atoms with E-state index in [1.54, 1.807) is 13.2 Å². The minimum Gasteiger partial charge on any atom is -0.346 e. The molecule has 0 rings (SSSR count). The van der Waals surface area contributed by atoms with Crippen LogP contribution in [0.2, 0.25) is 0 Å². The molecule has 4 heteroatoms. The Hall–Kier alpha value is -0.510. The molecule has 1 atom stereocenters. The third-order valence-corrected chi connectivity index (χ3v) is 1.73. The van der Waals surface area contributed by atoms with Gasteiger partial charge in [0.15, 0.2) is 0 Å². The van der Waals surface area contributed by atoms with Gasteiger partial charge in [-0.25, -0.2) is 0 Å². The van der Waals surface area contributed by atoms with E-state index in [9.17, 15) is 9.59 Å². The second kappa shape index (κ2) is 4.33. The lowest BCUT2D eigenvalue weighted by Crippen LogP contribution is -2.35. The normalized spacial score (nSPS) is 12.3. The van der Waals surface area contributed by atoms with Crippen LogP contribution in [-0.2, 0) is 9.59 Å².